The number of nitrogen functional groups attached to an aromatic ring is 2. The van der Waals surface area contributed by atoms with Gasteiger partial charge in [0.2, 0.25) is 0 Å². The van der Waals surface area contributed by atoms with E-state index in [-0.39, 0.29) is 12.4 Å². The number of hydrogen-bond donors (Lipinski definition) is 3. The number of ether oxygens (including phenoxy) is 1. The van der Waals surface area contributed by atoms with Gasteiger partial charge < -0.3 is 21.3 Å². The van der Waals surface area contributed by atoms with Crippen LogP contribution in [0.2, 0.25) is 0 Å². The molecular formula is C17H18N2O3. The molecule has 5 heteroatoms. The third-order valence-corrected chi connectivity index (χ3v) is 3.09. The van der Waals surface area contributed by atoms with Crippen molar-refractivity contribution in [2.75, 3.05) is 18.1 Å². The molecule has 2 rings (SSSR count). The summed E-state index contributed by atoms with van der Waals surface area (Å²) in [5.74, 6) is -0.247. The van der Waals surface area contributed by atoms with Crippen molar-refractivity contribution in [3.8, 4) is 5.75 Å². The van der Waals surface area contributed by atoms with Crippen LogP contribution in [0.5, 0.6) is 5.75 Å². The van der Waals surface area contributed by atoms with Crippen molar-refractivity contribution >= 4 is 23.4 Å². The third kappa shape index (κ3) is 4.56. The second-order valence-electron chi connectivity index (χ2n) is 4.80. The number of phenols is 1. The van der Waals surface area contributed by atoms with Crippen molar-refractivity contribution in [3.63, 3.8) is 0 Å². The fraction of sp³-hybridized carbons (Fsp3) is 0.118. The zero-order valence-electron chi connectivity index (χ0n) is 12.0. The fourth-order valence-electron chi connectivity index (χ4n) is 1.90. The van der Waals surface area contributed by atoms with Gasteiger partial charge in [-0.1, -0.05) is 18.2 Å². The third-order valence-electron chi connectivity index (χ3n) is 3.09. The Bertz CT molecular complexity index is 679. The fourth-order valence-corrected chi connectivity index (χ4v) is 1.90. The molecule has 22 heavy (non-hydrogen) atoms. The molecule has 0 spiro atoms. The molecule has 0 saturated heterocycles. The molecule has 2 aromatic rings. The molecule has 0 radical (unpaired) electrons. The van der Waals surface area contributed by atoms with Gasteiger partial charge in [-0.05, 0) is 41.5 Å². The molecule has 5 N–H and O–H groups in total. The number of esters is 1. The van der Waals surface area contributed by atoms with Crippen molar-refractivity contribution in [2.24, 2.45) is 0 Å². The minimum Gasteiger partial charge on any atom is -0.508 e. The topological polar surface area (TPSA) is 98.6 Å². The highest BCUT2D eigenvalue weighted by Crippen LogP contribution is 2.16. The van der Waals surface area contributed by atoms with Crippen molar-refractivity contribution < 1.29 is 14.6 Å². The molecule has 0 aliphatic rings. The lowest BCUT2D eigenvalue weighted by molar-refractivity contribution is -0.137. The lowest BCUT2D eigenvalue weighted by atomic mass is 10.1. The van der Waals surface area contributed by atoms with Crippen LogP contribution in [0.4, 0.5) is 11.4 Å². The van der Waals surface area contributed by atoms with Gasteiger partial charge in [0.05, 0.1) is 6.61 Å². The number of phenolic OH excluding ortho intramolecular Hbond substituents is 1. The Kier molecular flexibility index (Phi) is 5.03. The van der Waals surface area contributed by atoms with Gasteiger partial charge in [0, 0.05) is 23.9 Å². The highest BCUT2D eigenvalue weighted by Gasteiger charge is 2.02. The summed E-state index contributed by atoms with van der Waals surface area (Å²) in [7, 11) is 0. The van der Waals surface area contributed by atoms with E-state index >= 15 is 0 Å². The maximum Gasteiger partial charge on any atom is 0.330 e. The number of aromatic hydroxyl groups is 1. The van der Waals surface area contributed by atoms with E-state index in [0.29, 0.717) is 17.8 Å². The monoisotopic (exact) mass is 298 g/mol. The first kappa shape index (κ1) is 15.4. The highest BCUT2D eigenvalue weighted by atomic mass is 16.5. The number of carbonyl (C=O) groups excluding carboxylic acids is 1. The van der Waals surface area contributed by atoms with Gasteiger partial charge in [-0.3, -0.25) is 0 Å². The molecule has 0 heterocycles. The maximum atomic E-state index is 11.6. The minimum absolute atomic E-state index is 0.181. The normalized spacial score (nSPS) is 10.7. The van der Waals surface area contributed by atoms with Crippen LogP contribution in [0.15, 0.2) is 48.5 Å². The van der Waals surface area contributed by atoms with Crippen LogP contribution in [-0.2, 0) is 16.0 Å². The van der Waals surface area contributed by atoms with Crippen molar-refractivity contribution in [1.29, 1.82) is 0 Å². The lowest BCUT2D eigenvalue weighted by Crippen LogP contribution is -2.06. The van der Waals surface area contributed by atoms with E-state index < -0.39 is 5.97 Å². The van der Waals surface area contributed by atoms with Gasteiger partial charge in [-0.25, -0.2) is 4.79 Å². The summed E-state index contributed by atoms with van der Waals surface area (Å²) in [6.45, 7) is 0.243. The van der Waals surface area contributed by atoms with Crippen LogP contribution in [0.1, 0.15) is 11.1 Å². The van der Waals surface area contributed by atoms with E-state index in [4.69, 9.17) is 21.3 Å². The van der Waals surface area contributed by atoms with Crippen LogP contribution < -0.4 is 11.5 Å². The van der Waals surface area contributed by atoms with Gasteiger partial charge in [-0.2, -0.15) is 0 Å². The smallest absolute Gasteiger partial charge is 0.330 e. The summed E-state index contributed by atoms with van der Waals surface area (Å²) < 4.78 is 5.11. The Morgan fingerprint density at radius 3 is 2.55 bits per heavy atom. The molecule has 2 aromatic carbocycles. The van der Waals surface area contributed by atoms with E-state index in [1.54, 1.807) is 42.5 Å². The van der Waals surface area contributed by atoms with Gasteiger partial charge >= 0.3 is 5.97 Å². The van der Waals surface area contributed by atoms with Gasteiger partial charge in [0.15, 0.2) is 0 Å². The summed E-state index contributed by atoms with van der Waals surface area (Å²) in [6, 6.07) is 11.8. The van der Waals surface area contributed by atoms with Crippen molar-refractivity contribution in [2.45, 2.75) is 6.42 Å². The van der Waals surface area contributed by atoms with Gasteiger partial charge in [0.25, 0.3) is 0 Å². The first-order valence-corrected chi connectivity index (χ1v) is 6.82. The van der Waals surface area contributed by atoms with Crippen LogP contribution in [0, 0.1) is 0 Å². The molecule has 0 saturated carbocycles. The Morgan fingerprint density at radius 2 is 1.86 bits per heavy atom. The molecule has 114 valence electrons. The molecule has 0 fully saturated rings. The second kappa shape index (κ2) is 7.17. The van der Waals surface area contributed by atoms with Crippen LogP contribution in [0.25, 0.3) is 6.08 Å². The number of hydrogen-bond acceptors (Lipinski definition) is 5. The second-order valence-corrected chi connectivity index (χ2v) is 4.80. The number of anilines is 2. The van der Waals surface area contributed by atoms with Crippen molar-refractivity contribution in [1.82, 2.24) is 0 Å². The average Bonchev–Trinajstić information content (AvgIpc) is 2.49. The number of nitrogens with two attached hydrogens (primary N) is 2. The van der Waals surface area contributed by atoms with Crippen LogP contribution >= 0.6 is 0 Å². The number of benzene rings is 2. The molecular weight excluding hydrogens is 280 g/mol. The Hall–Kier alpha value is -2.95. The van der Waals surface area contributed by atoms with Crippen molar-refractivity contribution in [3.05, 3.63) is 59.7 Å². The molecule has 0 aromatic heterocycles. The Morgan fingerprint density at radius 1 is 1.14 bits per heavy atom. The number of rotatable bonds is 5. The average molecular weight is 298 g/mol. The summed E-state index contributed by atoms with van der Waals surface area (Å²) >= 11 is 0. The molecule has 0 unspecified atom stereocenters. The highest BCUT2D eigenvalue weighted by molar-refractivity contribution is 5.87. The van der Waals surface area contributed by atoms with Crippen LogP contribution in [-0.4, -0.2) is 17.7 Å². The number of carbonyl (C=O) groups is 1. The first-order chi connectivity index (χ1) is 10.5. The SMILES string of the molecule is Nc1ccc(CCOC(=O)/C=C/c2ccc(O)cc2)c(N)c1. The maximum absolute atomic E-state index is 11.6. The molecule has 0 aliphatic carbocycles. The van der Waals surface area contributed by atoms with E-state index in [9.17, 15) is 4.79 Å². The summed E-state index contributed by atoms with van der Waals surface area (Å²) in [5, 5.41) is 9.16. The predicted octanol–water partition coefficient (Wildman–Crippen LogP) is 2.36. The summed E-state index contributed by atoms with van der Waals surface area (Å²) in [6.07, 6.45) is 3.50. The zero-order chi connectivity index (χ0) is 15.9. The van der Waals surface area contributed by atoms with Crippen LogP contribution in [0.3, 0.4) is 0 Å². The minimum atomic E-state index is -0.429. The summed E-state index contributed by atoms with van der Waals surface area (Å²) in [5.41, 5.74) is 14.3. The molecule has 5 nitrogen and oxygen atoms in total. The molecule has 0 bridgehead atoms. The lowest BCUT2D eigenvalue weighted by Gasteiger charge is -2.06. The largest absolute Gasteiger partial charge is 0.508 e. The van der Waals surface area contributed by atoms with Gasteiger partial charge in [-0.15, -0.1) is 0 Å². The molecule has 0 atom stereocenters. The zero-order valence-corrected chi connectivity index (χ0v) is 12.0. The van der Waals surface area contributed by atoms with E-state index in [1.165, 1.54) is 6.08 Å². The first-order valence-electron chi connectivity index (χ1n) is 6.82. The van der Waals surface area contributed by atoms with Gasteiger partial charge in [0.1, 0.15) is 5.75 Å². The quantitative estimate of drug-likeness (QED) is 0.447. The van der Waals surface area contributed by atoms with E-state index in [2.05, 4.69) is 0 Å². The van der Waals surface area contributed by atoms with E-state index in [1.807, 2.05) is 6.07 Å². The Balaban J connectivity index is 1.81. The molecule has 0 amide bonds. The Labute approximate surface area is 128 Å². The predicted molar refractivity (Wildman–Crippen MR) is 87.1 cm³/mol. The standard InChI is InChI=1S/C17H18N2O3/c18-14-5-4-13(16(19)11-14)9-10-22-17(21)8-3-12-1-6-15(20)7-2-12/h1-8,11,20H,9-10,18-19H2/b8-3+. The summed E-state index contributed by atoms with van der Waals surface area (Å²) in [4.78, 5) is 11.6. The molecule has 0 aliphatic heterocycles. The van der Waals surface area contributed by atoms with E-state index in [0.717, 1.165) is 11.1 Å².